The summed E-state index contributed by atoms with van der Waals surface area (Å²) in [6.07, 6.45) is 0. The van der Waals surface area contributed by atoms with Crippen molar-refractivity contribution in [3.8, 4) is 0 Å². The molecule has 0 saturated carbocycles. The number of thioether (sulfide) groups is 1. The molecule has 0 saturated heterocycles. The molecule has 2 N–H and O–H groups in total. The van der Waals surface area contributed by atoms with E-state index in [4.69, 9.17) is 5.73 Å². The van der Waals surface area contributed by atoms with Crippen LogP contribution >= 0.6 is 35.5 Å². The number of anilines is 1. The largest absolute Gasteiger partial charge is 0.399 e. The number of rotatable bonds is 3. The molecule has 0 spiro atoms. The van der Waals surface area contributed by atoms with Crippen molar-refractivity contribution in [3.05, 3.63) is 54.1 Å². The van der Waals surface area contributed by atoms with Gasteiger partial charge in [-0.1, -0.05) is 42.1 Å². The lowest BCUT2D eigenvalue weighted by atomic mass is 10.2. The Morgan fingerprint density at radius 2 is 1.89 bits per heavy atom. The van der Waals surface area contributed by atoms with E-state index in [0.717, 1.165) is 26.0 Å². The minimum atomic E-state index is 0. The summed E-state index contributed by atoms with van der Waals surface area (Å²) in [6, 6.07) is 16.3. The molecule has 0 atom stereocenters. The lowest BCUT2D eigenvalue weighted by molar-refractivity contribution is 1.29. The van der Waals surface area contributed by atoms with Crippen LogP contribution in [0.1, 0.15) is 5.56 Å². The van der Waals surface area contributed by atoms with Crippen LogP contribution in [0.15, 0.2) is 52.9 Å². The summed E-state index contributed by atoms with van der Waals surface area (Å²) in [6.45, 7) is 0. The lowest BCUT2D eigenvalue weighted by Gasteiger charge is -1.97. The van der Waals surface area contributed by atoms with Crippen LogP contribution in [0.25, 0.3) is 10.2 Å². The smallest absolute Gasteiger partial charge is 0.151 e. The average molecular weight is 309 g/mol. The highest BCUT2D eigenvalue weighted by Gasteiger charge is 2.04. The van der Waals surface area contributed by atoms with Crippen LogP contribution in [0.3, 0.4) is 0 Å². The Morgan fingerprint density at radius 3 is 2.68 bits per heavy atom. The van der Waals surface area contributed by atoms with Crippen molar-refractivity contribution in [3.63, 3.8) is 0 Å². The fourth-order valence-corrected chi connectivity index (χ4v) is 3.77. The molecule has 98 valence electrons. The molecule has 19 heavy (non-hydrogen) atoms. The SMILES string of the molecule is Cl.Nc1ccc2nc(SCc3ccccc3)sc2c1. The Balaban J connectivity index is 0.00000133. The van der Waals surface area contributed by atoms with Crippen LogP contribution in [0, 0.1) is 0 Å². The molecular formula is C14H13ClN2S2. The molecule has 2 nitrogen and oxygen atoms in total. The summed E-state index contributed by atoms with van der Waals surface area (Å²) < 4.78 is 2.25. The molecule has 0 fully saturated rings. The number of benzene rings is 2. The number of nitrogens with zero attached hydrogens (tertiary/aromatic N) is 1. The van der Waals surface area contributed by atoms with Crippen LogP contribution in [0.2, 0.25) is 0 Å². The van der Waals surface area contributed by atoms with Gasteiger partial charge in [-0.25, -0.2) is 4.98 Å². The van der Waals surface area contributed by atoms with Crippen LogP contribution in [0.5, 0.6) is 0 Å². The third kappa shape index (κ3) is 3.41. The first-order valence-corrected chi connectivity index (χ1v) is 7.44. The minimum Gasteiger partial charge on any atom is -0.399 e. The van der Waals surface area contributed by atoms with E-state index in [0.29, 0.717) is 0 Å². The molecule has 0 bridgehead atoms. The second-order valence-corrected chi connectivity index (χ2v) is 6.23. The fourth-order valence-electron chi connectivity index (χ4n) is 1.70. The Kier molecular flexibility index (Phi) is 4.69. The van der Waals surface area contributed by atoms with E-state index in [2.05, 4.69) is 29.2 Å². The fraction of sp³-hybridized carbons (Fsp3) is 0.0714. The van der Waals surface area contributed by atoms with Gasteiger partial charge in [0.2, 0.25) is 0 Å². The molecule has 3 rings (SSSR count). The number of nitrogens with two attached hydrogens (primary N) is 1. The zero-order valence-corrected chi connectivity index (χ0v) is 12.5. The monoisotopic (exact) mass is 308 g/mol. The second kappa shape index (κ2) is 6.28. The summed E-state index contributed by atoms with van der Waals surface area (Å²) in [5.41, 5.74) is 8.92. The van der Waals surface area contributed by atoms with Gasteiger partial charge >= 0.3 is 0 Å². The van der Waals surface area contributed by atoms with Gasteiger partial charge in [-0.05, 0) is 23.8 Å². The van der Waals surface area contributed by atoms with Gasteiger partial charge in [0.05, 0.1) is 10.2 Å². The molecule has 3 aromatic rings. The Labute approximate surface area is 126 Å². The first-order chi connectivity index (χ1) is 8.81. The Morgan fingerprint density at radius 1 is 1.11 bits per heavy atom. The highest BCUT2D eigenvalue weighted by molar-refractivity contribution is 8.00. The van der Waals surface area contributed by atoms with E-state index >= 15 is 0 Å². The van der Waals surface area contributed by atoms with Crippen LogP contribution < -0.4 is 5.73 Å². The summed E-state index contributed by atoms with van der Waals surface area (Å²) in [7, 11) is 0. The molecule has 2 aromatic carbocycles. The van der Waals surface area contributed by atoms with E-state index in [-0.39, 0.29) is 12.4 Å². The molecule has 0 aliphatic carbocycles. The lowest BCUT2D eigenvalue weighted by Crippen LogP contribution is -1.81. The maximum atomic E-state index is 5.77. The molecule has 0 radical (unpaired) electrons. The maximum Gasteiger partial charge on any atom is 0.151 e. The Bertz CT molecular complexity index is 668. The molecule has 0 unspecified atom stereocenters. The average Bonchev–Trinajstić information content (AvgIpc) is 2.79. The van der Waals surface area contributed by atoms with Gasteiger partial charge in [0, 0.05) is 11.4 Å². The molecule has 1 aromatic heterocycles. The maximum absolute atomic E-state index is 5.77. The van der Waals surface area contributed by atoms with Crippen molar-refractivity contribution in [2.24, 2.45) is 0 Å². The first-order valence-electron chi connectivity index (χ1n) is 5.64. The number of nitrogen functional groups attached to an aromatic ring is 1. The summed E-state index contributed by atoms with van der Waals surface area (Å²) in [4.78, 5) is 4.59. The van der Waals surface area contributed by atoms with Crippen LogP contribution in [-0.2, 0) is 5.75 Å². The van der Waals surface area contributed by atoms with Crippen molar-refractivity contribution >= 4 is 51.4 Å². The molecule has 0 aliphatic heterocycles. The highest BCUT2D eigenvalue weighted by atomic mass is 35.5. The number of thiazole rings is 1. The van der Waals surface area contributed by atoms with E-state index in [9.17, 15) is 0 Å². The van der Waals surface area contributed by atoms with Crippen molar-refractivity contribution in [2.45, 2.75) is 10.1 Å². The van der Waals surface area contributed by atoms with E-state index in [1.807, 2.05) is 24.3 Å². The van der Waals surface area contributed by atoms with Crippen LogP contribution in [0.4, 0.5) is 5.69 Å². The normalized spacial score (nSPS) is 10.3. The summed E-state index contributed by atoms with van der Waals surface area (Å²) in [5.74, 6) is 0.955. The van der Waals surface area contributed by atoms with Crippen molar-refractivity contribution < 1.29 is 0 Å². The zero-order valence-electron chi connectivity index (χ0n) is 10.1. The van der Waals surface area contributed by atoms with Gasteiger partial charge < -0.3 is 5.73 Å². The highest BCUT2D eigenvalue weighted by Crippen LogP contribution is 2.32. The van der Waals surface area contributed by atoms with E-state index in [1.165, 1.54) is 5.56 Å². The van der Waals surface area contributed by atoms with E-state index in [1.54, 1.807) is 23.1 Å². The molecule has 5 heteroatoms. The number of aromatic nitrogens is 1. The predicted octanol–water partition coefficient (Wildman–Crippen LogP) is 4.59. The van der Waals surface area contributed by atoms with Gasteiger partial charge in [0.1, 0.15) is 0 Å². The van der Waals surface area contributed by atoms with Crippen molar-refractivity contribution in [1.82, 2.24) is 4.98 Å². The van der Waals surface area contributed by atoms with E-state index < -0.39 is 0 Å². The quantitative estimate of drug-likeness (QED) is 0.568. The standard InChI is InChI=1S/C14H12N2S2.ClH/c15-11-6-7-12-13(8-11)18-14(16-12)17-9-10-4-2-1-3-5-10;/h1-8H,9,15H2;1H. The molecule has 1 heterocycles. The van der Waals surface area contributed by atoms with Crippen LogP contribution in [-0.4, -0.2) is 4.98 Å². The number of fused-ring (bicyclic) bond motifs is 1. The number of halogens is 1. The topological polar surface area (TPSA) is 38.9 Å². The van der Waals surface area contributed by atoms with Crippen molar-refractivity contribution in [1.29, 1.82) is 0 Å². The summed E-state index contributed by atoms with van der Waals surface area (Å²) in [5, 5.41) is 0. The number of hydrogen-bond acceptors (Lipinski definition) is 4. The molecule has 0 aliphatic rings. The first kappa shape index (κ1) is 14.2. The zero-order chi connectivity index (χ0) is 12.4. The van der Waals surface area contributed by atoms with Gasteiger partial charge in [-0.3, -0.25) is 0 Å². The van der Waals surface area contributed by atoms with Gasteiger partial charge in [-0.15, -0.1) is 23.7 Å². The third-order valence-corrected chi connectivity index (χ3v) is 4.83. The minimum absolute atomic E-state index is 0. The predicted molar refractivity (Wildman–Crippen MR) is 87.3 cm³/mol. The summed E-state index contributed by atoms with van der Waals surface area (Å²) >= 11 is 3.47. The van der Waals surface area contributed by atoms with Gasteiger partial charge in [0.25, 0.3) is 0 Å². The second-order valence-electron chi connectivity index (χ2n) is 3.98. The number of hydrogen-bond donors (Lipinski definition) is 1. The molecule has 0 amide bonds. The van der Waals surface area contributed by atoms with Crippen molar-refractivity contribution in [2.75, 3.05) is 5.73 Å². The van der Waals surface area contributed by atoms with Gasteiger partial charge in [0.15, 0.2) is 4.34 Å². The Hall–Kier alpha value is -1.23. The third-order valence-electron chi connectivity index (χ3n) is 2.60. The molecular weight excluding hydrogens is 296 g/mol. The van der Waals surface area contributed by atoms with Gasteiger partial charge in [-0.2, -0.15) is 0 Å².